The largest absolute Gasteiger partial charge is 0.390 e. The molecule has 44 heavy (non-hydrogen) atoms. The zero-order chi connectivity index (χ0) is 31.6. The van der Waals surface area contributed by atoms with Crippen LogP contribution in [0.25, 0.3) is 11.0 Å². The summed E-state index contributed by atoms with van der Waals surface area (Å²) in [6.45, 7) is 8.75. The number of halogens is 2. The molecule has 0 spiro atoms. The lowest BCUT2D eigenvalue weighted by molar-refractivity contribution is -0.127. The van der Waals surface area contributed by atoms with Crippen molar-refractivity contribution in [3.8, 4) is 6.07 Å². The number of imidazole rings is 1. The van der Waals surface area contributed by atoms with Crippen molar-refractivity contribution >= 4 is 40.1 Å². The standard InChI is InChI=1S/C32H38F2N6O3S/c1-4-21(17-35)30(42)39-13-5-6-23(39)19-40-25-8-7-20(18-38-14-11-22(12-15-38)32(2,3)43)16-24(25)36-31(40)37-29(41)27-10-9-26(44-27)28(33)34/h4,7-10,16,22-23,28,43H,5-6,11-15,18-19H2,1-3H3,(H,36,37,41)/b21-4+/t23-/m1/s1. The third kappa shape index (κ3) is 6.85. The van der Waals surface area contributed by atoms with Crippen molar-refractivity contribution in [3.63, 3.8) is 0 Å². The Hall–Kier alpha value is -3.66. The minimum absolute atomic E-state index is 0.0877. The predicted molar refractivity (Wildman–Crippen MR) is 165 cm³/mol. The first kappa shape index (κ1) is 31.8. The van der Waals surface area contributed by atoms with E-state index < -0.39 is 17.9 Å². The maximum Gasteiger partial charge on any atom is 0.272 e. The molecule has 2 saturated heterocycles. The number of amides is 2. The molecule has 2 aromatic heterocycles. The molecule has 0 unspecified atom stereocenters. The lowest BCUT2D eigenvalue weighted by Crippen LogP contribution is -2.41. The number of allylic oxidation sites excluding steroid dienone is 1. The third-order valence-electron chi connectivity index (χ3n) is 8.77. The van der Waals surface area contributed by atoms with E-state index in [0.717, 1.165) is 67.7 Å². The number of benzene rings is 1. The van der Waals surface area contributed by atoms with E-state index in [2.05, 4.69) is 10.2 Å². The van der Waals surface area contributed by atoms with Crippen molar-refractivity contribution in [2.24, 2.45) is 5.92 Å². The maximum absolute atomic E-state index is 13.2. The van der Waals surface area contributed by atoms with Crippen LogP contribution in [0.2, 0.25) is 0 Å². The van der Waals surface area contributed by atoms with Crippen molar-refractivity contribution in [2.75, 3.05) is 25.0 Å². The lowest BCUT2D eigenvalue weighted by Gasteiger charge is -2.37. The van der Waals surface area contributed by atoms with Crippen molar-refractivity contribution < 1.29 is 23.5 Å². The molecular weight excluding hydrogens is 586 g/mol. The van der Waals surface area contributed by atoms with Gasteiger partial charge in [0.15, 0.2) is 0 Å². The number of thiophene rings is 1. The SMILES string of the molecule is C/C=C(\C#N)C(=O)N1CCC[C@@H]1Cn1c(NC(=O)c2ccc(C(F)F)s2)nc2cc(CN3CCC(C(C)(C)O)CC3)ccc21. The molecule has 3 aromatic rings. The number of alkyl halides is 2. The highest BCUT2D eigenvalue weighted by Gasteiger charge is 2.33. The quantitative estimate of drug-likeness (QED) is 0.232. The second kappa shape index (κ2) is 13.1. The minimum Gasteiger partial charge on any atom is -0.390 e. The Morgan fingerprint density at radius 1 is 1.20 bits per heavy atom. The summed E-state index contributed by atoms with van der Waals surface area (Å²) >= 11 is 0.740. The van der Waals surface area contributed by atoms with E-state index in [-0.39, 0.29) is 39.1 Å². The van der Waals surface area contributed by atoms with E-state index in [0.29, 0.717) is 18.6 Å². The van der Waals surface area contributed by atoms with Crippen molar-refractivity contribution in [3.05, 3.63) is 57.3 Å². The normalized spacial score (nSPS) is 18.7. The van der Waals surface area contributed by atoms with Gasteiger partial charge in [-0.25, -0.2) is 13.8 Å². The molecule has 9 nitrogen and oxygen atoms in total. The number of piperidine rings is 1. The fourth-order valence-corrected chi connectivity index (χ4v) is 7.02. The average molecular weight is 625 g/mol. The molecule has 1 aromatic carbocycles. The van der Waals surface area contributed by atoms with Gasteiger partial charge in [-0.05, 0) is 95.3 Å². The molecule has 0 radical (unpaired) electrons. The van der Waals surface area contributed by atoms with Crippen LogP contribution < -0.4 is 5.32 Å². The zero-order valence-corrected chi connectivity index (χ0v) is 26.0. The van der Waals surface area contributed by atoms with E-state index in [1.54, 1.807) is 11.8 Å². The molecule has 2 aliphatic heterocycles. The van der Waals surface area contributed by atoms with Crippen LogP contribution in [0.3, 0.4) is 0 Å². The first-order valence-corrected chi connectivity index (χ1v) is 15.8. The van der Waals surface area contributed by atoms with Gasteiger partial charge in [-0.15, -0.1) is 11.3 Å². The summed E-state index contributed by atoms with van der Waals surface area (Å²) < 4.78 is 28.2. The smallest absolute Gasteiger partial charge is 0.272 e. The number of fused-ring (bicyclic) bond motifs is 1. The molecule has 2 aliphatic rings. The molecule has 0 aliphatic carbocycles. The Morgan fingerprint density at radius 3 is 2.59 bits per heavy atom. The number of nitrogens with zero attached hydrogens (tertiary/aromatic N) is 5. The summed E-state index contributed by atoms with van der Waals surface area (Å²) in [5, 5.41) is 22.7. The van der Waals surface area contributed by atoms with Crippen LogP contribution in [0.5, 0.6) is 0 Å². The van der Waals surface area contributed by atoms with E-state index in [1.807, 2.05) is 42.7 Å². The van der Waals surface area contributed by atoms with Crippen LogP contribution in [-0.2, 0) is 17.9 Å². The van der Waals surface area contributed by atoms with Crippen LogP contribution in [0.1, 0.15) is 73.0 Å². The third-order valence-corrected chi connectivity index (χ3v) is 9.86. The Kier molecular flexibility index (Phi) is 9.48. The molecule has 2 amide bonds. The summed E-state index contributed by atoms with van der Waals surface area (Å²) in [7, 11) is 0. The number of hydrogen-bond donors (Lipinski definition) is 2. The van der Waals surface area contributed by atoms with Gasteiger partial charge in [-0.2, -0.15) is 5.26 Å². The maximum atomic E-state index is 13.2. The Labute approximate surface area is 259 Å². The average Bonchev–Trinajstić information content (AvgIpc) is 3.73. The highest BCUT2D eigenvalue weighted by molar-refractivity contribution is 7.14. The first-order valence-electron chi connectivity index (χ1n) is 15.0. The van der Waals surface area contributed by atoms with Gasteiger partial charge in [0.1, 0.15) is 11.6 Å². The van der Waals surface area contributed by atoms with Gasteiger partial charge in [-0.3, -0.25) is 19.8 Å². The van der Waals surface area contributed by atoms with Gasteiger partial charge in [-0.1, -0.05) is 12.1 Å². The highest BCUT2D eigenvalue weighted by atomic mass is 32.1. The summed E-state index contributed by atoms with van der Waals surface area (Å²) in [5.41, 5.74) is 1.90. The topological polar surface area (TPSA) is 114 Å². The molecule has 0 bridgehead atoms. The van der Waals surface area contributed by atoms with Gasteiger partial charge in [0.05, 0.1) is 32.4 Å². The van der Waals surface area contributed by atoms with Crippen LogP contribution in [0.4, 0.5) is 14.7 Å². The Morgan fingerprint density at radius 2 is 1.95 bits per heavy atom. The summed E-state index contributed by atoms with van der Waals surface area (Å²) in [6.07, 6.45) is 2.20. The second-order valence-electron chi connectivity index (χ2n) is 12.1. The number of aliphatic hydroxyl groups is 1. The second-order valence-corrected chi connectivity index (χ2v) is 13.3. The molecule has 1 atom stereocenters. The number of rotatable bonds is 9. The molecule has 2 fully saturated rings. The van der Waals surface area contributed by atoms with Gasteiger partial charge in [0.2, 0.25) is 5.95 Å². The van der Waals surface area contributed by atoms with Crippen molar-refractivity contribution in [1.29, 1.82) is 5.26 Å². The van der Waals surface area contributed by atoms with Crippen LogP contribution in [-0.4, -0.2) is 67.5 Å². The number of carbonyl (C=O) groups excluding carboxylic acids is 2. The van der Waals surface area contributed by atoms with E-state index in [4.69, 9.17) is 4.98 Å². The number of hydrogen-bond acceptors (Lipinski definition) is 7. The number of nitrogens with one attached hydrogen (secondary N) is 1. The summed E-state index contributed by atoms with van der Waals surface area (Å²) in [6, 6.07) is 10.4. The summed E-state index contributed by atoms with van der Waals surface area (Å²) in [5.74, 6) is -0.317. The Balaban J connectivity index is 1.42. The van der Waals surface area contributed by atoms with Gasteiger partial charge in [0.25, 0.3) is 18.2 Å². The van der Waals surface area contributed by atoms with Gasteiger partial charge in [0, 0.05) is 19.6 Å². The molecule has 12 heteroatoms. The van der Waals surface area contributed by atoms with Crippen LogP contribution in [0.15, 0.2) is 42.0 Å². The number of nitriles is 1. The van der Waals surface area contributed by atoms with Gasteiger partial charge >= 0.3 is 0 Å². The van der Waals surface area contributed by atoms with Gasteiger partial charge < -0.3 is 14.6 Å². The number of anilines is 1. The van der Waals surface area contributed by atoms with E-state index in [1.165, 1.54) is 18.2 Å². The van der Waals surface area contributed by atoms with E-state index in [9.17, 15) is 28.7 Å². The van der Waals surface area contributed by atoms with Crippen molar-refractivity contribution in [1.82, 2.24) is 19.4 Å². The molecule has 0 saturated carbocycles. The molecule has 4 heterocycles. The van der Waals surface area contributed by atoms with E-state index >= 15 is 0 Å². The predicted octanol–water partition coefficient (Wildman–Crippen LogP) is 5.73. The minimum atomic E-state index is -2.66. The number of aromatic nitrogens is 2. The van der Waals surface area contributed by atoms with Crippen LogP contribution >= 0.6 is 11.3 Å². The Bertz CT molecular complexity index is 1590. The first-order chi connectivity index (χ1) is 21.0. The van der Waals surface area contributed by atoms with Crippen molar-refractivity contribution in [2.45, 2.75) is 77.6 Å². The zero-order valence-electron chi connectivity index (χ0n) is 25.2. The molecular formula is C32H38F2N6O3S. The molecule has 5 rings (SSSR count). The molecule has 234 valence electrons. The number of likely N-dealkylation sites (tertiary alicyclic amines) is 2. The van der Waals surface area contributed by atoms with Crippen LogP contribution in [0, 0.1) is 17.2 Å². The fourth-order valence-electron chi connectivity index (χ4n) is 6.26. The fraction of sp³-hybridized carbons (Fsp3) is 0.500. The molecule has 2 N–H and O–H groups in total. The number of carbonyl (C=O) groups is 2. The monoisotopic (exact) mass is 624 g/mol. The highest BCUT2D eigenvalue weighted by Crippen LogP contribution is 2.31. The summed E-state index contributed by atoms with van der Waals surface area (Å²) in [4.78, 5) is 35.0. The lowest BCUT2D eigenvalue weighted by atomic mass is 9.83.